The van der Waals surface area contributed by atoms with Crippen molar-refractivity contribution < 1.29 is 14.6 Å². The van der Waals surface area contributed by atoms with Crippen molar-refractivity contribution >= 4 is 11.9 Å². The molecular weight excluding hydrogens is 218 g/mol. The van der Waals surface area contributed by atoms with Gasteiger partial charge in [-0.2, -0.15) is 0 Å². The Morgan fingerprint density at radius 1 is 1.47 bits per heavy atom. The lowest BCUT2D eigenvalue weighted by atomic mass is 10.1. The number of allylic oxidation sites excluding steroid dienone is 1. The van der Waals surface area contributed by atoms with Gasteiger partial charge in [0.1, 0.15) is 5.78 Å². The molecule has 1 aliphatic rings. The lowest BCUT2D eigenvalue weighted by Gasteiger charge is -2.15. The zero-order chi connectivity index (χ0) is 12.3. The van der Waals surface area contributed by atoms with E-state index in [1.54, 1.807) is 12.1 Å². The number of benzene rings is 1. The maximum Gasteiger partial charge on any atom is 0.160 e. The fourth-order valence-corrected chi connectivity index (χ4v) is 1.83. The van der Waals surface area contributed by atoms with Gasteiger partial charge in [0.25, 0.3) is 0 Å². The maximum atomic E-state index is 11.3. The molecule has 0 bridgehead atoms. The van der Waals surface area contributed by atoms with Gasteiger partial charge in [-0.05, 0) is 23.8 Å². The van der Waals surface area contributed by atoms with Gasteiger partial charge in [0.05, 0.1) is 7.11 Å². The molecule has 4 heteroatoms. The van der Waals surface area contributed by atoms with Crippen LogP contribution in [-0.2, 0) is 4.79 Å². The molecule has 90 valence electrons. The molecule has 0 atom stereocenters. The number of rotatable bonds is 2. The molecule has 2 N–H and O–H groups in total. The predicted molar refractivity (Wildman–Crippen MR) is 64.9 cm³/mol. The van der Waals surface area contributed by atoms with Crippen LogP contribution >= 0.6 is 0 Å². The zero-order valence-corrected chi connectivity index (χ0v) is 9.69. The number of Topliss-reactive ketones (excluding diaryl/α,β-unsaturated/α-hetero) is 1. The fraction of sp³-hybridized carbons (Fsp3) is 0.308. The van der Waals surface area contributed by atoms with Crippen molar-refractivity contribution in [1.82, 2.24) is 5.32 Å². The van der Waals surface area contributed by atoms with Gasteiger partial charge in [0, 0.05) is 25.1 Å². The Labute approximate surface area is 99.9 Å². The number of nitrogens with one attached hydrogen (secondary N) is 1. The first-order valence-corrected chi connectivity index (χ1v) is 5.52. The van der Waals surface area contributed by atoms with Crippen LogP contribution in [0.25, 0.3) is 6.08 Å². The third-order valence-corrected chi connectivity index (χ3v) is 2.69. The molecule has 0 saturated carbocycles. The third kappa shape index (κ3) is 2.78. The maximum absolute atomic E-state index is 11.3. The van der Waals surface area contributed by atoms with Gasteiger partial charge in [-0.1, -0.05) is 6.07 Å². The number of phenols is 1. The molecule has 0 unspecified atom stereocenters. The summed E-state index contributed by atoms with van der Waals surface area (Å²) in [6, 6.07) is 5.16. The number of ketones is 1. The molecular formula is C13H15NO3. The normalized spacial score (nSPS) is 17.9. The van der Waals surface area contributed by atoms with Crippen LogP contribution in [-0.4, -0.2) is 24.5 Å². The van der Waals surface area contributed by atoms with Crippen LogP contribution in [0.15, 0.2) is 23.9 Å². The van der Waals surface area contributed by atoms with E-state index in [4.69, 9.17) is 4.74 Å². The van der Waals surface area contributed by atoms with Crippen LogP contribution in [0, 0.1) is 0 Å². The number of methoxy groups -OCH3 is 1. The minimum atomic E-state index is 0.101. The van der Waals surface area contributed by atoms with E-state index in [1.807, 2.05) is 12.1 Å². The number of ether oxygens (including phenoxy) is 1. The first-order valence-electron chi connectivity index (χ1n) is 5.52. The van der Waals surface area contributed by atoms with Crippen molar-refractivity contribution in [1.29, 1.82) is 0 Å². The second kappa shape index (κ2) is 4.91. The molecule has 0 aliphatic carbocycles. The van der Waals surface area contributed by atoms with Crippen LogP contribution in [0.5, 0.6) is 11.5 Å². The summed E-state index contributed by atoms with van der Waals surface area (Å²) in [4.78, 5) is 11.3. The summed E-state index contributed by atoms with van der Waals surface area (Å²) < 4.78 is 4.97. The molecule has 1 fully saturated rings. The minimum Gasteiger partial charge on any atom is -0.504 e. The van der Waals surface area contributed by atoms with Gasteiger partial charge >= 0.3 is 0 Å². The number of phenolic OH excluding ortho intramolecular Hbond substituents is 1. The Hall–Kier alpha value is -1.97. The van der Waals surface area contributed by atoms with E-state index in [9.17, 15) is 9.90 Å². The van der Waals surface area contributed by atoms with Crippen LogP contribution in [0.1, 0.15) is 18.4 Å². The second-order valence-electron chi connectivity index (χ2n) is 3.99. The third-order valence-electron chi connectivity index (χ3n) is 2.69. The number of aromatic hydroxyl groups is 1. The molecule has 1 saturated heterocycles. The van der Waals surface area contributed by atoms with Gasteiger partial charge in [0.2, 0.25) is 0 Å². The van der Waals surface area contributed by atoms with Gasteiger partial charge in [-0.25, -0.2) is 0 Å². The molecule has 1 aliphatic heterocycles. The van der Waals surface area contributed by atoms with Crippen LogP contribution in [0.3, 0.4) is 0 Å². The topological polar surface area (TPSA) is 58.6 Å². The molecule has 1 aromatic rings. The van der Waals surface area contributed by atoms with E-state index in [2.05, 4.69) is 5.32 Å². The van der Waals surface area contributed by atoms with Crippen molar-refractivity contribution in [2.24, 2.45) is 0 Å². The molecule has 17 heavy (non-hydrogen) atoms. The van der Waals surface area contributed by atoms with Gasteiger partial charge in [0.15, 0.2) is 11.5 Å². The van der Waals surface area contributed by atoms with Gasteiger partial charge in [-0.3, -0.25) is 4.79 Å². The Morgan fingerprint density at radius 3 is 2.94 bits per heavy atom. The lowest BCUT2D eigenvalue weighted by molar-refractivity contribution is -0.119. The minimum absolute atomic E-state index is 0.101. The summed E-state index contributed by atoms with van der Waals surface area (Å²) >= 11 is 0. The van der Waals surface area contributed by atoms with Crippen molar-refractivity contribution in [2.45, 2.75) is 12.8 Å². The first kappa shape index (κ1) is 11.5. The number of carbonyl (C=O) groups excluding carboxylic acids is 1. The van der Waals surface area contributed by atoms with E-state index in [0.717, 1.165) is 11.3 Å². The van der Waals surface area contributed by atoms with Gasteiger partial charge < -0.3 is 15.2 Å². The quantitative estimate of drug-likeness (QED) is 0.816. The predicted octanol–water partition coefficient (Wildman–Crippen LogP) is 1.69. The van der Waals surface area contributed by atoms with Gasteiger partial charge in [-0.15, -0.1) is 0 Å². The highest BCUT2D eigenvalue weighted by Gasteiger charge is 2.12. The second-order valence-corrected chi connectivity index (χ2v) is 3.99. The summed E-state index contributed by atoms with van der Waals surface area (Å²) in [5, 5.41) is 12.8. The summed E-state index contributed by atoms with van der Waals surface area (Å²) in [7, 11) is 1.51. The van der Waals surface area contributed by atoms with Crippen LogP contribution < -0.4 is 10.1 Å². The lowest BCUT2D eigenvalue weighted by Crippen LogP contribution is -2.25. The van der Waals surface area contributed by atoms with Crippen molar-refractivity contribution in [2.75, 3.05) is 13.7 Å². The molecule has 1 aromatic carbocycles. The summed E-state index contributed by atoms with van der Waals surface area (Å²) in [5.74, 6) is 0.788. The average molecular weight is 233 g/mol. The number of hydrogen-bond donors (Lipinski definition) is 2. The Balaban J connectivity index is 2.20. The largest absolute Gasteiger partial charge is 0.504 e. The first-order chi connectivity index (χ1) is 8.19. The fourth-order valence-electron chi connectivity index (χ4n) is 1.83. The van der Waals surface area contributed by atoms with Crippen LogP contribution in [0.4, 0.5) is 0 Å². The number of piperidine rings is 1. The van der Waals surface area contributed by atoms with Crippen molar-refractivity contribution in [3.8, 4) is 11.5 Å². The number of hydrogen-bond acceptors (Lipinski definition) is 4. The van der Waals surface area contributed by atoms with Crippen LogP contribution in [0.2, 0.25) is 0 Å². The van der Waals surface area contributed by atoms with Crippen molar-refractivity contribution in [3.63, 3.8) is 0 Å². The smallest absolute Gasteiger partial charge is 0.160 e. The molecule has 0 aromatic heterocycles. The Kier molecular flexibility index (Phi) is 3.32. The molecule has 2 rings (SSSR count). The Bertz CT molecular complexity index is 466. The van der Waals surface area contributed by atoms with E-state index in [1.165, 1.54) is 7.11 Å². The highest BCUT2D eigenvalue weighted by molar-refractivity contribution is 5.83. The highest BCUT2D eigenvalue weighted by Crippen LogP contribution is 2.27. The Morgan fingerprint density at radius 2 is 2.29 bits per heavy atom. The molecule has 0 spiro atoms. The summed E-state index contributed by atoms with van der Waals surface area (Å²) in [6.45, 7) is 0.687. The number of carbonyl (C=O) groups is 1. The monoisotopic (exact) mass is 233 g/mol. The van der Waals surface area contributed by atoms with E-state index in [0.29, 0.717) is 25.1 Å². The standard InChI is InChI=1S/C13H15NO3/c1-17-13-3-2-9(7-12(13)16)6-10-8-11(15)4-5-14-10/h2-3,6-7,14,16H,4-5,8H2,1H3. The summed E-state index contributed by atoms with van der Waals surface area (Å²) in [5.41, 5.74) is 1.74. The average Bonchev–Trinajstić information content (AvgIpc) is 2.29. The zero-order valence-electron chi connectivity index (χ0n) is 9.69. The molecule has 0 radical (unpaired) electrons. The van der Waals surface area contributed by atoms with E-state index >= 15 is 0 Å². The van der Waals surface area contributed by atoms with E-state index < -0.39 is 0 Å². The SMILES string of the molecule is COc1ccc(C=C2CC(=O)CCN2)cc1O. The molecule has 4 nitrogen and oxygen atoms in total. The summed E-state index contributed by atoms with van der Waals surface area (Å²) in [6.07, 6.45) is 2.90. The van der Waals surface area contributed by atoms with Crippen molar-refractivity contribution in [3.05, 3.63) is 29.5 Å². The van der Waals surface area contributed by atoms with E-state index in [-0.39, 0.29) is 11.5 Å². The molecule has 1 heterocycles. The highest BCUT2D eigenvalue weighted by atomic mass is 16.5. The molecule has 0 amide bonds.